The number of anilines is 1. The molecule has 5 nitrogen and oxygen atoms in total. The van der Waals surface area contributed by atoms with Crippen molar-refractivity contribution in [1.82, 2.24) is 9.13 Å². The van der Waals surface area contributed by atoms with Crippen LogP contribution in [0.2, 0.25) is 0 Å². The number of carbonyl (C=O) groups excluding carboxylic acids is 2. The average molecular weight is 953 g/mol. The smallest absolute Gasteiger partial charge is 0.266 e. The largest absolute Gasteiger partial charge is 0.307 e. The van der Waals surface area contributed by atoms with Gasteiger partial charge >= 0.3 is 0 Å². The first-order chi connectivity index (χ1) is 25.4. The van der Waals surface area contributed by atoms with Crippen molar-refractivity contribution in [3.8, 4) is 11.4 Å². The molecule has 0 atom stereocenters. The minimum atomic E-state index is -0.311. The number of aromatic nitrogens is 2. The fourth-order valence-corrected chi connectivity index (χ4v) is 9.49. The predicted molar refractivity (Wildman–Crippen MR) is 232 cm³/mol. The fourth-order valence-electron chi connectivity index (χ4n) is 8.05. The SMILES string of the molecule is CC(C)c1cccc(C(C)C)c1N1C(=O)c2cc(-n3c4ccc(Br)cc4c4cc(Br)ccc43)c(-n3c4ccc(Br)cc4c4cc(Br)ccc43)cc2C1=O. The number of halogens is 4. The van der Waals surface area contributed by atoms with Crippen LogP contribution in [0.15, 0.2) is 121 Å². The molecule has 1 aliphatic heterocycles. The predicted octanol–water partition coefficient (Wildman–Crippen LogP) is 14.0. The highest BCUT2D eigenvalue weighted by atomic mass is 79.9. The number of amides is 2. The number of hydrogen-bond donors (Lipinski definition) is 0. The number of benzene rings is 6. The third-order valence-corrected chi connectivity index (χ3v) is 12.4. The molecular weight excluding hydrogens is 922 g/mol. The third kappa shape index (κ3) is 5.33. The van der Waals surface area contributed by atoms with Crippen molar-refractivity contribution in [2.75, 3.05) is 4.90 Å². The van der Waals surface area contributed by atoms with Crippen molar-refractivity contribution in [2.24, 2.45) is 0 Å². The van der Waals surface area contributed by atoms with Gasteiger partial charge < -0.3 is 9.13 Å². The topological polar surface area (TPSA) is 47.2 Å². The molecule has 0 radical (unpaired) electrons. The van der Waals surface area contributed by atoms with Crippen LogP contribution >= 0.6 is 63.7 Å². The molecule has 9 rings (SSSR count). The molecule has 0 aliphatic carbocycles. The molecule has 0 bridgehead atoms. The lowest BCUT2D eigenvalue weighted by atomic mass is 9.92. The number of hydrogen-bond acceptors (Lipinski definition) is 2. The Balaban J connectivity index is 1.42. The highest BCUT2D eigenvalue weighted by Gasteiger charge is 2.41. The molecular formula is C44H31Br4N3O2. The molecule has 0 spiro atoms. The lowest BCUT2D eigenvalue weighted by Gasteiger charge is -2.25. The van der Waals surface area contributed by atoms with Gasteiger partial charge in [0.2, 0.25) is 0 Å². The van der Waals surface area contributed by atoms with Crippen molar-refractivity contribution in [3.05, 3.63) is 143 Å². The maximum Gasteiger partial charge on any atom is 0.266 e. The molecule has 9 heteroatoms. The zero-order chi connectivity index (χ0) is 37.0. The van der Waals surface area contributed by atoms with E-state index in [4.69, 9.17) is 0 Å². The normalized spacial score (nSPS) is 13.3. The quantitative estimate of drug-likeness (QED) is 0.161. The molecule has 3 heterocycles. The Labute approximate surface area is 340 Å². The van der Waals surface area contributed by atoms with E-state index in [1.807, 2.05) is 54.6 Å². The summed E-state index contributed by atoms with van der Waals surface area (Å²) < 4.78 is 8.35. The molecule has 6 aromatic carbocycles. The molecule has 262 valence electrons. The number of carbonyl (C=O) groups is 2. The number of rotatable bonds is 5. The molecule has 2 aromatic heterocycles. The molecule has 0 N–H and O–H groups in total. The average Bonchev–Trinajstić information content (AvgIpc) is 3.70. The van der Waals surface area contributed by atoms with Crippen LogP contribution in [0.4, 0.5) is 5.69 Å². The van der Waals surface area contributed by atoms with Crippen LogP contribution in [0.5, 0.6) is 0 Å². The lowest BCUT2D eigenvalue weighted by Crippen LogP contribution is -2.31. The van der Waals surface area contributed by atoms with Gasteiger partial charge in [0.25, 0.3) is 11.8 Å². The van der Waals surface area contributed by atoms with Crippen molar-refractivity contribution in [2.45, 2.75) is 39.5 Å². The Kier molecular flexibility index (Phi) is 8.38. The zero-order valence-electron chi connectivity index (χ0n) is 29.1. The number of fused-ring (bicyclic) bond motifs is 7. The summed E-state index contributed by atoms with van der Waals surface area (Å²) in [5, 5.41) is 4.25. The lowest BCUT2D eigenvalue weighted by molar-refractivity contribution is 0.0925. The number of imide groups is 1. The molecule has 8 aromatic rings. The highest BCUT2D eigenvalue weighted by molar-refractivity contribution is 9.11. The van der Waals surface area contributed by atoms with Gasteiger partial charge in [-0.2, -0.15) is 0 Å². The summed E-state index contributed by atoms with van der Waals surface area (Å²) in [6.07, 6.45) is 0. The monoisotopic (exact) mass is 949 g/mol. The van der Waals surface area contributed by atoms with Crippen molar-refractivity contribution >= 4 is 125 Å². The number of para-hydroxylation sites is 1. The van der Waals surface area contributed by atoms with Gasteiger partial charge in [-0.15, -0.1) is 0 Å². The van der Waals surface area contributed by atoms with Crippen LogP contribution in [-0.4, -0.2) is 20.9 Å². The Bertz CT molecular complexity index is 2590. The maximum absolute atomic E-state index is 14.9. The Hall–Kier alpha value is -4.02. The zero-order valence-corrected chi connectivity index (χ0v) is 35.5. The Morgan fingerprint density at radius 2 is 0.774 bits per heavy atom. The summed E-state index contributed by atoms with van der Waals surface area (Å²) in [5.74, 6) is -0.415. The summed E-state index contributed by atoms with van der Waals surface area (Å²) in [5.41, 5.74) is 8.93. The van der Waals surface area contributed by atoms with Crippen LogP contribution in [-0.2, 0) is 0 Å². The van der Waals surface area contributed by atoms with E-state index in [0.717, 1.165) is 84.0 Å². The highest BCUT2D eigenvalue weighted by Crippen LogP contribution is 2.45. The first-order valence-corrected chi connectivity index (χ1v) is 20.6. The second-order valence-corrected chi connectivity index (χ2v) is 17.9. The van der Waals surface area contributed by atoms with Crippen LogP contribution in [0.25, 0.3) is 55.0 Å². The molecule has 53 heavy (non-hydrogen) atoms. The van der Waals surface area contributed by atoms with Crippen LogP contribution in [0.3, 0.4) is 0 Å². The Morgan fingerprint density at radius 3 is 1.08 bits per heavy atom. The van der Waals surface area contributed by atoms with Crippen LogP contribution in [0, 0.1) is 0 Å². The molecule has 1 aliphatic rings. The minimum Gasteiger partial charge on any atom is -0.307 e. The van der Waals surface area contributed by atoms with Crippen molar-refractivity contribution in [1.29, 1.82) is 0 Å². The summed E-state index contributed by atoms with van der Waals surface area (Å²) in [6, 6.07) is 35.1. The molecule has 0 saturated carbocycles. The first kappa shape index (κ1) is 34.7. The number of nitrogens with zero attached hydrogens (tertiary/aromatic N) is 3. The van der Waals surface area contributed by atoms with Crippen molar-refractivity contribution in [3.63, 3.8) is 0 Å². The maximum atomic E-state index is 14.9. The third-order valence-electron chi connectivity index (χ3n) is 10.4. The summed E-state index contributed by atoms with van der Waals surface area (Å²) in [4.78, 5) is 31.2. The van der Waals surface area contributed by atoms with Gasteiger partial charge in [-0.3, -0.25) is 9.59 Å². The van der Waals surface area contributed by atoms with Gasteiger partial charge in [-0.05, 0) is 108 Å². The minimum absolute atomic E-state index is 0.103. The van der Waals surface area contributed by atoms with E-state index in [1.54, 1.807) is 0 Å². The van der Waals surface area contributed by atoms with E-state index in [2.05, 4.69) is 149 Å². The molecule has 0 unspecified atom stereocenters. The first-order valence-electron chi connectivity index (χ1n) is 17.4. The second kappa shape index (κ2) is 12.8. The summed E-state index contributed by atoms with van der Waals surface area (Å²) >= 11 is 14.8. The van der Waals surface area contributed by atoms with E-state index < -0.39 is 0 Å². The van der Waals surface area contributed by atoms with Gasteiger partial charge in [0.05, 0.1) is 50.3 Å². The molecule has 0 saturated heterocycles. The van der Waals surface area contributed by atoms with E-state index in [0.29, 0.717) is 16.8 Å². The van der Waals surface area contributed by atoms with Gasteiger partial charge in [-0.1, -0.05) is 110 Å². The van der Waals surface area contributed by atoms with Gasteiger partial charge in [0, 0.05) is 39.4 Å². The molecule has 0 fully saturated rings. The second-order valence-electron chi connectivity index (χ2n) is 14.2. The fraction of sp³-hybridized carbons (Fsp3) is 0.136. The van der Waals surface area contributed by atoms with E-state index in [-0.39, 0.29) is 23.7 Å². The van der Waals surface area contributed by atoms with Crippen LogP contribution in [0.1, 0.15) is 71.4 Å². The van der Waals surface area contributed by atoms with Gasteiger partial charge in [-0.25, -0.2) is 4.90 Å². The van der Waals surface area contributed by atoms with E-state index in [1.165, 1.54) is 4.90 Å². The van der Waals surface area contributed by atoms with E-state index >= 15 is 0 Å². The van der Waals surface area contributed by atoms with Gasteiger partial charge in [0.1, 0.15) is 0 Å². The standard InChI is InChI=1S/C44H31Br4N3O2/c1-22(2)28-6-5-7-29(23(3)4)42(28)51-43(52)34-20-40(49-36-12-8-24(45)16-30(36)31-17-25(46)9-13-37(31)49)41(21-35(34)44(51)53)50-38-14-10-26(47)18-32(38)33-19-27(48)11-15-39(33)50/h5-23H,1-4H3. The van der Waals surface area contributed by atoms with Crippen LogP contribution < -0.4 is 4.90 Å². The van der Waals surface area contributed by atoms with Crippen molar-refractivity contribution < 1.29 is 9.59 Å². The van der Waals surface area contributed by atoms with E-state index in [9.17, 15) is 9.59 Å². The molecule has 2 amide bonds. The van der Waals surface area contributed by atoms with Gasteiger partial charge in [0.15, 0.2) is 0 Å². The summed E-state index contributed by atoms with van der Waals surface area (Å²) in [7, 11) is 0. The Morgan fingerprint density at radius 1 is 0.453 bits per heavy atom. The summed E-state index contributed by atoms with van der Waals surface area (Å²) in [6.45, 7) is 8.43.